The van der Waals surface area contributed by atoms with Gasteiger partial charge in [-0.25, -0.2) is 12.8 Å². The van der Waals surface area contributed by atoms with Crippen LogP contribution in [0, 0.1) is 5.82 Å². The molecule has 132 valence electrons. The highest BCUT2D eigenvalue weighted by molar-refractivity contribution is 7.89. The molecule has 9 heteroatoms. The zero-order valence-corrected chi connectivity index (χ0v) is 14.5. The zero-order valence-electron chi connectivity index (χ0n) is 13.0. The molecule has 0 aliphatic carbocycles. The lowest BCUT2D eigenvalue weighted by Gasteiger charge is -2.35. The summed E-state index contributed by atoms with van der Waals surface area (Å²) in [6.45, 7) is 1.38. The van der Waals surface area contributed by atoms with E-state index in [0.717, 1.165) is 18.6 Å². The van der Waals surface area contributed by atoms with Crippen molar-refractivity contribution in [2.24, 2.45) is 0 Å². The van der Waals surface area contributed by atoms with Crippen LogP contribution in [0.5, 0.6) is 0 Å². The predicted molar refractivity (Wildman–Crippen MR) is 85.7 cm³/mol. The third-order valence-electron chi connectivity index (χ3n) is 4.27. The number of hydrogen-bond acceptors (Lipinski definition) is 4. The number of amides is 1. The van der Waals surface area contributed by atoms with Crippen LogP contribution in [0.3, 0.4) is 0 Å². The molecule has 2 fully saturated rings. The first-order valence-electron chi connectivity index (χ1n) is 7.75. The molecule has 2 aliphatic heterocycles. The summed E-state index contributed by atoms with van der Waals surface area (Å²) in [6, 6.07) is 3.48. The number of nitrogens with zero attached hydrogens (tertiary/aromatic N) is 2. The van der Waals surface area contributed by atoms with Gasteiger partial charge in [0.1, 0.15) is 16.8 Å². The van der Waals surface area contributed by atoms with Crippen LogP contribution in [-0.4, -0.2) is 62.4 Å². The van der Waals surface area contributed by atoms with Crippen LogP contribution >= 0.6 is 11.6 Å². The van der Waals surface area contributed by atoms with Gasteiger partial charge in [0.25, 0.3) is 5.91 Å². The number of benzene rings is 1. The lowest BCUT2D eigenvalue weighted by molar-refractivity contribution is -0.142. The Balaban J connectivity index is 1.68. The topological polar surface area (TPSA) is 66.9 Å². The molecule has 1 aromatic rings. The summed E-state index contributed by atoms with van der Waals surface area (Å²) in [5.74, 6) is -0.970. The summed E-state index contributed by atoms with van der Waals surface area (Å²) in [5.41, 5.74) is 0. The van der Waals surface area contributed by atoms with Crippen LogP contribution in [0.25, 0.3) is 0 Å². The molecule has 1 aromatic carbocycles. The second-order valence-corrected chi connectivity index (χ2v) is 8.15. The third-order valence-corrected chi connectivity index (χ3v) is 6.43. The first-order valence-corrected chi connectivity index (χ1v) is 9.57. The van der Waals surface area contributed by atoms with E-state index in [1.54, 1.807) is 4.90 Å². The van der Waals surface area contributed by atoms with Crippen LogP contribution in [-0.2, 0) is 19.6 Å². The first-order chi connectivity index (χ1) is 11.4. The van der Waals surface area contributed by atoms with Crippen molar-refractivity contribution in [1.29, 1.82) is 0 Å². The highest BCUT2D eigenvalue weighted by atomic mass is 35.5. The summed E-state index contributed by atoms with van der Waals surface area (Å²) in [5, 5.41) is 0.137. The molecule has 6 nitrogen and oxygen atoms in total. The number of carbonyl (C=O) groups is 1. The molecule has 0 spiro atoms. The van der Waals surface area contributed by atoms with E-state index in [1.807, 2.05) is 0 Å². The van der Waals surface area contributed by atoms with E-state index in [-0.39, 0.29) is 37.1 Å². The Hall–Kier alpha value is -1.22. The number of carbonyl (C=O) groups excluding carboxylic acids is 1. The smallest absolute Gasteiger partial charge is 0.251 e. The molecule has 1 amide bonds. The minimum absolute atomic E-state index is 0.0952. The molecule has 2 aliphatic rings. The van der Waals surface area contributed by atoms with Gasteiger partial charge in [0.15, 0.2) is 0 Å². The molecule has 24 heavy (non-hydrogen) atoms. The van der Waals surface area contributed by atoms with Crippen LogP contribution < -0.4 is 0 Å². The van der Waals surface area contributed by atoms with E-state index < -0.39 is 26.8 Å². The molecule has 0 saturated carbocycles. The lowest BCUT2D eigenvalue weighted by atomic mass is 10.2. The minimum atomic E-state index is -3.95. The Kier molecular flexibility index (Phi) is 5.10. The van der Waals surface area contributed by atoms with Crippen LogP contribution in [0.4, 0.5) is 4.39 Å². The second kappa shape index (κ2) is 6.95. The molecule has 0 bridgehead atoms. The highest BCUT2D eigenvalue weighted by Crippen LogP contribution is 2.24. The van der Waals surface area contributed by atoms with Gasteiger partial charge in [-0.1, -0.05) is 11.6 Å². The van der Waals surface area contributed by atoms with E-state index in [9.17, 15) is 17.6 Å². The number of halogens is 2. The van der Waals surface area contributed by atoms with E-state index in [4.69, 9.17) is 16.3 Å². The van der Waals surface area contributed by atoms with Gasteiger partial charge in [-0.2, -0.15) is 4.31 Å². The Bertz CT molecular complexity index is 729. The van der Waals surface area contributed by atoms with E-state index in [1.165, 1.54) is 10.4 Å². The number of ether oxygens (including phenoxy) is 1. The number of sulfonamides is 1. The van der Waals surface area contributed by atoms with E-state index >= 15 is 0 Å². The summed E-state index contributed by atoms with van der Waals surface area (Å²) in [7, 11) is -3.95. The molecule has 1 unspecified atom stereocenters. The van der Waals surface area contributed by atoms with Gasteiger partial charge >= 0.3 is 0 Å². The monoisotopic (exact) mass is 376 g/mol. The van der Waals surface area contributed by atoms with Crippen molar-refractivity contribution in [2.75, 3.05) is 32.8 Å². The van der Waals surface area contributed by atoms with Gasteiger partial charge < -0.3 is 9.64 Å². The van der Waals surface area contributed by atoms with Crippen molar-refractivity contribution in [1.82, 2.24) is 9.21 Å². The van der Waals surface area contributed by atoms with E-state index in [2.05, 4.69) is 0 Å². The van der Waals surface area contributed by atoms with E-state index in [0.29, 0.717) is 13.0 Å². The summed E-state index contributed by atoms with van der Waals surface area (Å²) < 4.78 is 45.6. The Labute approximate surface area is 145 Å². The molecule has 0 aromatic heterocycles. The number of piperazine rings is 1. The lowest BCUT2D eigenvalue weighted by Crippen LogP contribution is -2.52. The molecule has 2 heterocycles. The summed E-state index contributed by atoms with van der Waals surface area (Å²) >= 11 is 5.66. The standard InChI is InChI=1S/C15H18ClFN2O4S/c16-11-3-4-14(12(17)10-11)24(21,22)19-7-5-18(6-8-19)15(20)13-2-1-9-23-13/h3-4,10,13H,1-2,5-9H2. The Morgan fingerprint density at radius 1 is 1.25 bits per heavy atom. The van der Waals surface area contributed by atoms with Gasteiger partial charge in [0.05, 0.1) is 0 Å². The zero-order chi connectivity index (χ0) is 17.3. The molecule has 0 radical (unpaired) electrons. The predicted octanol–water partition coefficient (Wildman–Crippen LogP) is 1.49. The van der Waals surface area contributed by atoms with Crippen LogP contribution in [0.2, 0.25) is 5.02 Å². The number of rotatable bonds is 3. The van der Waals surface area contributed by atoms with Gasteiger partial charge in [-0.15, -0.1) is 0 Å². The summed E-state index contributed by atoms with van der Waals surface area (Å²) in [4.78, 5) is 13.5. The third kappa shape index (κ3) is 3.42. The number of hydrogen-bond donors (Lipinski definition) is 0. The van der Waals surface area contributed by atoms with Crippen molar-refractivity contribution >= 4 is 27.5 Å². The van der Waals surface area contributed by atoms with Gasteiger partial charge in [0, 0.05) is 37.8 Å². The fraction of sp³-hybridized carbons (Fsp3) is 0.533. The Morgan fingerprint density at radius 3 is 2.54 bits per heavy atom. The van der Waals surface area contributed by atoms with Crippen molar-refractivity contribution in [3.63, 3.8) is 0 Å². The van der Waals surface area contributed by atoms with Crippen molar-refractivity contribution in [2.45, 2.75) is 23.8 Å². The van der Waals surface area contributed by atoms with Crippen molar-refractivity contribution < 1.29 is 22.3 Å². The Morgan fingerprint density at radius 2 is 1.96 bits per heavy atom. The maximum Gasteiger partial charge on any atom is 0.251 e. The maximum absolute atomic E-state index is 13.9. The average molecular weight is 377 g/mol. The fourth-order valence-electron chi connectivity index (χ4n) is 2.95. The average Bonchev–Trinajstić information content (AvgIpc) is 3.08. The van der Waals surface area contributed by atoms with Crippen molar-refractivity contribution in [3.05, 3.63) is 29.0 Å². The first kappa shape index (κ1) is 17.6. The molecule has 2 saturated heterocycles. The quantitative estimate of drug-likeness (QED) is 0.801. The molecule has 1 atom stereocenters. The molecule has 0 N–H and O–H groups in total. The van der Waals surface area contributed by atoms with Crippen molar-refractivity contribution in [3.8, 4) is 0 Å². The molecule has 3 rings (SSSR count). The van der Waals surface area contributed by atoms with Crippen LogP contribution in [0.15, 0.2) is 23.1 Å². The highest BCUT2D eigenvalue weighted by Gasteiger charge is 2.34. The van der Waals surface area contributed by atoms with Gasteiger partial charge in [0.2, 0.25) is 10.0 Å². The maximum atomic E-state index is 13.9. The normalized spacial score (nSPS) is 22.8. The minimum Gasteiger partial charge on any atom is -0.368 e. The molecular weight excluding hydrogens is 359 g/mol. The fourth-order valence-corrected chi connectivity index (χ4v) is 4.57. The summed E-state index contributed by atoms with van der Waals surface area (Å²) in [6.07, 6.45) is 1.15. The SMILES string of the molecule is O=C(C1CCCO1)N1CCN(S(=O)(=O)c2ccc(Cl)cc2F)CC1. The second-order valence-electron chi connectivity index (χ2n) is 5.81. The van der Waals surface area contributed by atoms with Crippen LogP contribution in [0.1, 0.15) is 12.8 Å². The van der Waals surface area contributed by atoms with Gasteiger partial charge in [-0.05, 0) is 31.0 Å². The van der Waals surface area contributed by atoms with Gasteiger partial charge in [-0.3, -0.25) is 4.79 Å². The largest absolute Gasteiger partial charge is 0.368 e. The molecular formula is C15H18ClFN2O4S.